The molecule has 0 fully saturated rings. The molecule has 0 unspecified atom stereocenters. The van der Waals surface area contributed by atoms with E-state index in [1.54, 1.807) is 0 Å². The van der Waals surface area contributed by atoms with Crippen LogP contribution in [0.25, 0.3) is 0 Å². The van der Waals surface area contributed by atoms with Crippen LogP contribution in [0, 0.1) is 0 Å². The predicted octanol–water partition coefficient (Wildman–Crippen LogP) is 2.20. The van der Waals surface area contributed by atoms with Crippen molar-refractivity contribution in [3.63, 3.8) is 0 Å². The molecule has 0 aliphatic carbocycles. The molecular formula is C9H6F2O3S. The second-order valence-corrected chi connectivity index (χ2v) is 3.02. The molecule has 0 radical (unpaired) electrons. The minimum absolute atomic E-state index is 0.0177. The summed E-state index contributed by atoms with van der Waals surface area (Å²) >= 11 is 3.85. The van der Waals surface area contributed by atoms with Crippen LogP contribution in [0.3, 0.4) is 0 Å². The van der Waals surface area contributed by atoms with Gasteiger partial charge in [-0.2, -0.15) is 8.78 Å². The van der Waals surface area contributed by atoms with Gasteiger partial charge in [-0.05, 0) is 12.1 Å². The predicted molar refractivity (Wildman–Crippen MR) is 51.1 cm³/mol. The van der Waals surface area contributed by atoms with Gasteiger partial charge in [-0.3, -0.25) is 9.59 Å². The van der Waals surface area contributed by atoms with Gasteiger partial charge in [0.15, 0.2) is 6.29 Å². The summed E-state index contributed by atoms with van der Waals surface area (Å²) in [6.45, 7) is -3.03. The van der Waals surface area contributed by atoms with E-state index in [2.05, 4.69) is 17.4 Å². The largest absolute Gasteiger partial charge is 0.434 e. The third-order valence-corrected chi connectivity index (χ3v) is 2.08. The third-order valence-electron chi connectivity index (χ3n) is 1.61. The summed E-state index contributed by atoms with van der Waals surface area (Å²) in [7, 11) is 0. The van der Waals surface area contributed by atoms with Gasteiger partial charge in [0.2, 0.25) is 0 Å². The Hall–Kier alpha value is -1.43. The van der Waals surface area contributed by atoms with Crippen molar-refractivity contribution in [2.24, 2.45) is 0 Å². The monoisotopic (exact) mass is 232 g/mol. The smallest absolute Gasteiger partial charge is 0.387 e. The van der Waals surface area contributed by atoms with E-state index in [0.29, 0.717) is 12.6 Å². The molecule has 1 aromatic carbocycles. The molecule has 0 heterocycles. The quantitative estimate of drug-likeness (QED) is 0.639. The highest BCUT2D eigenvalue weighted by molar-refractivity contribution is 7.80. The van der Waals surface area contributed by atoms with Crippen LogP contribution < -0.4 is 4.74 Å². The first-order chi connectivity index (χ1) is 7.08. The zero-order valence-electron chi connectivity index (χ0n) is 7.31. The zero-order valence-corrected chi connectivity index (χ0v) is 8.21. The van der Waals surface area contributed by atoms with E-state index in [9.17, 15) is 18.4 Å². The standard InChI is InChI=1S/C9H6F2O3S/c10-9(11)14-7-2-5(3-12)1-6(4-13)8(7)15/h1-4,9,15H. The van der Waals surface area contributed by atoms with Crippen molar-refractivity contribution in [2.45, 2.75) is 11.5 Å². The Morgan fingerprint density at radius 3 is 2.40 bits per heavy atom. The molecule has 0 bridgehead atoms. The number of benzene rings is 1. The van der Waals surface area contributed by atoms with Crippen molar-refractivity contribution < 1.29 is 23.1 Å². The van der Waals surface area contributed by atoms with Gasteiger partial charge in [-0.25, -0.2) is 0 Å². The summed E-state index contributed by atoms with van der Waals surface area (Å²) < 4.78 is 28.0. The van der Waals surface area contributed by atoms with Gasteiger partial charge in [0, 0.05) is 11.1 Å². The van der Waals surface area contributed by atoms with Crippen molar-refractivity contribution >= 4 is 25.2 Å². The number of halogens is 2. The maximum absolute atomic E-state index is 11.9. The third kappa shape index (κ3) is 2.76. The van der Waals surface area contributed by atoms with Crippen molar-refractivity contribution in [3.8, 4) is 5.75 Å². The lowest BCUT2D eigenvalue weighted by atomic mass is 10.1. The molecule has 1 aromatic rings. The second-order valence-electron chi connectivity index (χ2n) is 2.57. The van der Waals surface area contributed by atoms with Crippen molar-refractivity contribution in [3.05, 3.63) is 23.3 Å². The molecule has 0 saturated carbocycles. The van der Waals surface area contributed by atoms with E-state index in [-0.39, 0.29) is 21.8 Å². The van der Waals surface area contributed by atoms with Crippen molar-refractivity contribution in [1.29, 1.82) is 0 Å². The van der Waals surface area contributed by atoms with Gasteiger partial charge in [0.25, 0.3) is 0 Å². The fourth-order valence-corrected chi connectivity index (χ4v) is 1.23. The van der Waals surface area contributed by atoms with Crippen LogP contribution >= 0.6 is 12.6 Å². The van der Waals surface area contributed by atoms with Crippen LogP contribution in [0.2, 0.25) is 0 Å². The highest BCUT2D eigenvalue weighted by atomic mass is 32.1. The average Bonchev–Trinajstić information content (AvgIpc) is 2.20. The number of rotatable bonds is 4. The van der Waals surface area contributed by atoms with Gasteiger partial charge >= 0.3 is 6.61 Å². The lowest BCUT2D eigenvalue weighted by Gasteiger charge is -2.09. The maximum Gasteiger partial charge on any atom is 0.387 e. The molecule has 3 nitrogen and oxygen atoms in total. The second kappa shape index (κ2) is 4.88. The van der Waals surface area contributed by atoms with Gasteiger partial charge in [0.05, 0.1) is 4.90 Å². The van der Waals surface area contributed by atoms with Gasteiger partial charge in [-0.15, -0.1) is 12.6 Å². The van der Waals surface area contributed by atoms with Crippen LogP contribution in [0.5, 0.6) is 5.75 Å². The normalized spacial score (nSPS) is 10.1. The fourth-order valence-electron chi connectivity index (χ4n) is 0.995. The maximum atomic E-state index is 11.9. The molecule has 0 aliphatic rings. The number of thiol groups is 1. The molecule has 15 heavy (non-hydrogen) atoms. The highest BCUT2D eigenvalue weighted by Crippen LogP contribution is 2.28. The Balaban J connectivity index is 3.23. The van der Waals surface area contributed by atoms with Gasteiger partial charge in [0.1, 0.15) is 12.0 Å². The SMILES string of the molecule is O=Cc1cc(C=O)c(S)c(OC(F)F)c1. The van der Waals surface area contributed by atoms with Crippen LogP contribution in [-0.2, 0) is 0 Å². The summed E-state index contributed by atoms with van der Waals surface area (Å²) in [6.07, 6.45) is 0.839. The Labute approximate surface area is 89.4 Å². The number of alkyl halides is 2. The first-order valence-corrected chi connectivity index (χ1v) is 4.25. The van der Waals surface area contributed by atoms with E-state index in [1.807, 2.05) is 0 Å². The Morgan fingerprint density at radius 1 is 1.27 bits per heavy atom. The summed E-state index contributed by atoms with van der Waals surface area (Å²) in [4.78, 5) is 20.9. The molecule has 0 N–H and O–H groups in total. The van der Waals surface area contributed by atoms with E-state index in [1.165, 1.54) is 6.07 Å². The molecular weight excluding hydrogens is 226 g/mol. The molecule has 0 saturated heterocycles. The average molecular weight is 232 g/mol. The zero-order chi connectivity index (χ0) is 11.4. The lowest BCUT2D eigenvalue weighted by Crippen LogP contribution is -2.04. The van der Waals surface area contributed by atoms with Gasteiger partial charge < -0.3 is 4.74 Å². The molecule has 6 heteroatoms. The van der Waals surface area contributed by atoms with Crippen LogP contribution in [0.4, 0.5) is 8.78 Å². The van der Waals surface area contributed by atoms with Crippen LogP contribution in [-0.4, -0.2) is 19.2 Å². The summed E-state index contributed by atoms with van der Waals surface area (Å²) in [5.74, 6) is -0.292. The molecule has 0 aromatic heterocycles. The fraction of sp³-hybridized carbons (Fsp3) is 0.111. The number of aldehydes is 2. The number of ether oxygens (including phenoxy) is 1. The lowest BCUT2D eigenvalue weighted by molar-refractivity contribution is -0.0517. The van der Waals surface area contributed by atoms with Gasteiger partial charge in [-0.1, -0.05) is 0 Å². The van der Waals surface area contributed by atoms with Crippen molar-refractivity contribution in [2.75, 3.05) is 0 Å². The van der Waals surface area contributed by atoms with Crippen LogP contribution in [0.15, 0.2) is 17.0 Å². The molecule has 0 amide bonds. The number of hydrogen-bond donors (Lipinski definition) is 1. The minimum atomic E-state index is -3.03. The van der Waals surface area contributed by atoms with E-state index in [4.69, 9.17) is 0 Å². The Bertz CT molecular complexity index is 393. The summed E-state index contributed by atoms with van der Waals surface area (Å²) in [6, 6.07) is 2.33. The van der Waals surface area contributed by atoms with E-state index < -0.39 is 6.61 Å². The molecule has 0 atom stereocenters. The minimum Gasteiger partial charge on any atom is -0.434 e. The summed E-state index contributed by atoms with van der Waals surface area (Å²) in [5, 5.41) is 0. The first-order valence-electron chi connectivity index (χ1n) is 3.80. The number of hydrogen-bond acceptors (Lipinski definition) is 4. The Morgan fingerprint density at radius 2 is 1.93 bits per heavy atom. The van der Waals surface area contributed by atoms with E-state index in [0.717, 1.165) is 6.07 Å². The summed E-state index contributed by atoms with van der Waals surface area (Å²) in [5.41, 5.74) is 0.101. The van der Waals surface area contributed by atoms with Crippen molar-refractivity contribution in [1.82, 2.24) is 0 Å². The number of carbonyl (C=O) groups is 2. The topological polar surface area (TPSA) is 43.4 Å². The first kappa shape index (κ1) is 11.6. The highest BCUT2D eigenvalue weighted by Gasteiger charge is 2.12. The molecule has 80 valence electrons. The molecule has 1 rings (SSSR count). The van der Waals surface area contributed by atoms with E-state index >= 15 is 0 Å². The molecule has 0 aliphatic heterocycles. The molecule has 0 spiro atoms. The van der Waals surface area contributed by atoms with Crippen LogP contribution in [0.1, 0.15) is 20.7 Å². The Kier molecular flexibility index (Phi) is 3.79. The number of carbonyl (C=O) groups excluding carboxylic acids is 2.